The number of nitrogens with one attached hydrogen (secondary N) is 1. The topological polar surface area (TPSA) is 58.1 Å². The van der Waals surface area contributed by atoms with Gasteiger partial charge in [-0.15, -0.1) is 0 Å². The average Bonchev–Trinajstić information content (AvgIpc) is 3.17. The zero-order chi connectivity index (χ0) is 17.9. The van der Waals surface area contributed by atoms with Crippen molar-refractivity contribution < 1.29 is 4.79 Å². The van der Waals surface area contributed by atoms with E-state index in [1.54, 1.807) is 6.33 Å². The standard InChI is InChI=1S/C21H22N4O/c1-2-15-7-5-8-16(13-15)24-21(26)19-11-6-12-25(19)20-17-9-3-4-10-18(17)22-14-23-20/h3-5,7-10,13-14,19H,2,6,11-12H2,1H3,(H,24,26). The molecule has 1 aliphatic rings. The van der Waals surface area contributed by atoms with Gasteiger partial charge in [-0.2, -0.15) is 0 Å². The van der Waals surface area contributed by atoms with Gasteiger partial charge in [0, 0.05) is 17.6 Å². The lowest BCUT2D eigenvalue weighted by Crippen LogP contribution is -2.40. The summed E-state index contributed by atoms with van der Waals surface area (Å²) in [4.78, 5) is 23.9. The van der Waals surface area contributed by atoms with Crippen LogP contribution in [0.15, 0.2) is 54.9 Å². The number of carbonyl (C=O) groups excluding carboxylic acids is 1. The highest BCUT2D eigenvalue weighted by molar-refractivity contribution is 5.99. The summed E-state index contributed by atoms with van der Waals surface area (Å²) in [5.41, 5.74) is 2.97. The molecular weight excluding hydrogens is 324 g/mol. The predicted molar refractivity (Wildman–Crippen MR) is 104 cm³/mol. The maximum atomic E-state index is 12.9. The Morgan fingerprint density at radius 1 is 1.19 bits per heavy atom. The van der Waals surface area contributed by atoms with Crippen LogP contribution in [0.2, 0.25) is 0 Å². The third kappa shape index (κ3) is 3.12. The van der Waals surface area contributed by atoms with Gasteiger partial charge in [0.2, 0.25) is 5.91 Å². The van der Waals surface area contributed by atoms with E-state index in [1.165, 1.54) is 5.56 Å². The molecule has 0 bridgehead atoms. The van der Waals surface area contributed by atoms with Crippen LogP contribution in [0.25, 0.3) is 10.9 Å². The Hall–Kier alpha value is -2.95. The molecule has 1 aromatic heterocycles. The number of aromatic nitrogens is 2. The lowest BCUT2D eigenvalue weighted by Gasteiger charge is -2.25. The minimum Gasteiger partial charge on any atom is -0.344 e. The average molecular weight is 346 g/mol. The Kier molecular flexibility index (Phi) is 4.52. The number of aryl methyl sites for hydroxylation is 1. The minimum atomic E-state index is -0.210. The van der Waals surface area contributed by atoms with Gasteiger partial charge in [-0.25, -0.2) is 9.97 Å². The first-order valence-corrected chi connectivity index (χ1v) is 9.12. The van der Waals surface area contributed by atoms with Crippen LogP contribution in [0.3, 0.4) is 0 Å². The highest BCUT2D eigenvalue weighted by atomic mass is 16.2. The maximum Gasteiger partial charge on any atom is 0.247 e. The van der Waals surface area contributed by atoms with Gasteiger partial charge in [0.25, 0.3) is 0 Å². The second-order valence-corrected chi connectivity index (χ2v) is 6.61. The molecule has 2 aromatic carbocycles. The summed E-state index contributed by atoms with van der Waals surface area (Å²) in [6.07, 6.45) is 4.34. The van der Waals surface area contributed by atoms with Gasteiger partial charge < -0.3 is 10.2 Å². The van der Waals surface area contributed by atoms with Gasteiger partial charge in [-0.05, 0) is 49.1 Å². The second kappa shape index (κ2) is 7.12. The zero-order valence-corrected chi connectivity index (χ0v) is 14.9. The number of hydrogen-bond acceptors (Lipinski definition) is 4. The van der Waals surface area contributed by atoms with Crippen molar-refractivity contribution in [3.05, 3.63) is 60.4 Å². The SMILES string of the molecule is CCc1cccc(NC(=O)C2CCCN2c2ncnc3ccccc23)c1. The van der Waals surface area contributed by atoms with Crippen LogP contribution in [-0.4, -0.2) is 28.5 Å². The summed E-state index contributed by atoms with van der Waals surface area (Å²) >= 11 is 0. The van der Waals surface area contributed by atoms with E-state index in [9.17, 15) is 4.79 Å². The van der Waals surface area contributed by atoms with E-state index in [2.05, 4.69) is 33.2 Å². The lowest BCUT2D eigenvalue weighted by molar-refractivity contribution is -0.117. The predicted octanol–water partition coefficient (Wildman–Crippen LogP) is 3.80. The molecule has 1 N–H and O–H groups in total. The Balaban J connectivity index is 1.60. The molecule has 0 aliphatic carbocycles. The number of para-hydroxylation sites is 1. The van der Waals surface area contributed by atoms with Gasteiger partial charge in [0.15, 0.2) is 0 Å². The fourth-order valence-electron chi connectivity index (χ4n) is 3.61. The first-order valence-electron chi connectivity index (χ1n) is 9.12. The molecule has 5 nitrogen and oxygen atoms in total. The van der Waals surface area contributed by atoms with E-state index in [4.69, 9.17) is 0 Å². The molecule has 1 fully saturated rings. The van der Waals surface area contributed by atoms with E-state index in [0.29, 0.717) is 0 Å². The lowest BCUT2D eigenvalue weighted by atomic mass is 10.1. The van der Waals surface area contributed by atoms with Crippen molar-refractivity contribution in [2.45, 2.75) is 32.2 Å². The van der Waals surface area contributed by atoms with Crippen LogP contribution in [0.5, 0.6) is 0 Å². The number of rotatable bonds is 4. The maximum absolute atomic E-state index is 12.9. The molecule has 4 rings (SSSR count). The Bertz CT molecular complexity index is 935. The largest absolute Gasteiger partial charge is 0.344 e. The summed E-state index contributed by atoms with van der Waals surface area (Å²) in [6, 6.07) is 15.8. The van der Waals surface area contributed by atoms with Gasteiger partial charge in [0.05, 0.1) is 5.52 Å². The summed E-state index contributed by atoms with van der Waals surface area (Å²) in [7, 11) is 0. The summed E-state index contributed by atoms with van der Waals surface area (Å²) in [5, 5.41) is 4.07. The number of hydrogen-bond donors (Lipinski definition) is 1. The van der Waals surface area contributed by atoms with Crippen LogP contribution >= 0.6 is 0 Å². The number of fused-ring (bicyclic) bond motifs is 1. The monoisotopic (exact) mass is 346 g/mol. The number of carbonyl (C=O) groups is 1. The number of nitrogens with zero attached hydrogens (tertiary/aromatic N) is 3. The van der Waals surface area contributed by atoms with Crippen molar-refractivity contribution in [1.29, 1.82) is 0 Å². The molecule has 1 unspecified atom stereocenters. The molecule has 1 aliphatic heterocycles. The normalized spacial score (nSPS) is 16.8. The smallest absolute Gasteiger partial charge is 0.247 e. The summed E-state index contributed by atoms with van der Waals surface area (Å²) < 4.78 is 0. The molecule has 1 atom stereocenters. The van der Waals surface area contributed by atoms with Gasteiger partial charge in [-0.1, -0.05) is 31.2 Å². The van der Waals surface area contributed by atoms with E-state index in [1.807, 2.05) is 42.5 Å². The molecule has 0 spiro atoms. The first kappa shape index (κ1) is 16.5. The first-order chi connectivity index (χ1) is 12.8. The van der Waals surface area contributed by atoms with Crippen LogP contribution < -0.4 is 10.2 Å². The summed E-state index contributed by atoms with van der Waals surface area (Å²) in [5.74, 6) is 0.869. The molecule has 26 heavy (non-hydrogen) atoms. The molecular formula is C21H22N4O. The second-order valence-electron chi connectivity index (χ2n) is 6.61. The van der Waals surface area contributed by atoms with Crippen molar-refractivity contribution in [2.24, 2.45) is 0 Å². The molecule has 132 valence electrons. The van der Waals surface area contributed by atoms with Crippen molar-refractivity contribution in [3.8, 4) is 0 Å². The highest BCUT2D eigenvalue weighted by Crippen LogP contribution is 2.30. The number of anilines is 2. The quantitative estimate of drug-likeness (QED) is 0.781. The molecule has 5 heteroatoms. The molecule has 0 radical (unpaired) electrons. The minimum absolute atomic E-state index is 0.0263. The Morgan fingerprint density at radius 3 is 2.96 bits per heavy atom. The van der Waals surface area contributed by atoms with E-state index >= 15 is 0 Å². The molecule has 2 heterocycles. The summed E-state index contributed by atoms with van der Waals surface area (Å²) in [6.45, 7) is 2.94. The number of benzene rings is 2. The van der Waals surface area contributed by atoms with Crippen molar-refractivity contribution in [1.82, 2.24) is 9.97 Å². The van der Waals surface area contributed by atoms with Gasteiger partial charge in [-0.3, -0.25) is 4.79 Å². The third-order valence-corrected chi connectivity index (χ3v) is 4.95. The van der Waals surface area contributed by atoms with Crippen LogP contribution in [0, 0.1) is 0 Å². The molecule has 3 aromatic rings. The van der Waals surface area contributed by atoms with Gasteiger partial charge in [0.1, 0.15) is 18.2 Å². The highest BCUT2D eigenvalue weighted by Gasteiger charge is 2.32. The number of amides is 1. The fraction of sp³-hybridized carbons (Fsp3) is 0.286. The van der Waals surface area contributed by atoms with Crippen LogP contribution in [-0.2, 0) is 11.2 Å². The van der Waals surface area contributed by atoms with E-state index in [0.717, 1.165) is 48.2 Å². The van der Waals surface area contributed by atoms with Crippen molar-refractivity contribution in [2.75, 3.05) is 16.8 Å². The Morgan fingerprint density at radius 2 is 2.08 bits per heavy atom. The molecule has 0 saturated carbocycles. The molecule has 1 saturated heterocycles. The van der Waals surface area contributed by atoms with E-state index < -0.39 is 0 Å². The fourth-order valence-corrected chi connectivity index (χ4v) is 3.61. The van der Waals surface area contributed by atoms with E-state index in [-0.39, 0.29) is 11.9 Å². The Labute approximate surface area is 153 Å². The van der Waals surface area contributed by atoms with Crippen molar-refractivity contribution >= 4 is 28.3 Å². The van der Waals surface area contributed by atoms with Crippen LogP contribution in [0.4, 0.5) is 11.5 Å². The van der Waals surface area contributed by atoms with Gasteiger partial charge >= 0.3 is 0 Å². The van der Waals surface area contributed by atoms with Crippen molar-refractivity contribution in [3.63, 3.8) is 0 Å². The molecule has 1 amide bonds. The van der Waals surface area contributed by atoms with Crippen LogP contribution in [0.1, 0.15) is 25.3 Å². The zero-order valence-electron chi connectivity index (χ0n) is 14.9. The third-order valence-electron chi connectivity index (χ3n) is 4.95.